The average Bonchev–Trinajstić information content (AvgIpc) is 1.90. The van der Waals surface area contributed by atoms with E-state index >= 15 is 0 Å². The second-order valence-corrected chi connectivity index (χ2v) is 2.65. The highest BCUT2D eigenvalue weighted by atomic mass is 16.5. The number of hydrogen-bond acceptors (Lipinski definition) is 2. The monoisotopic (exact) mass is 130 g/mol. The standard InChI is InChI=1S/C7H14O2/c1-6(8)7-4-2-3-5-9-7/h6-8H,2-5H2,1H3/t6-,7-/m0/s1. The van der Waals surface area contributed by atoms with E-state index in [1.54, 1.807) is 6.92 Å². The Labute approximate surface area is 55.8 Å². The van der Waals surface area contributed by atoms with Crippen LogP contribution in [0.2, 0.25) is 0 Å². The van der Waals surface area contributed by atoms with Gasteiger partial charge in [0.25, 0.3) is 0 Å². The molecule has 54 valence electrons. The first-order valence-corrected chi connectivity index (χ1v) is 3.60. The summed E-state index contributed by atoms with van der Waals surface area (Å²) in [4.78, 5) is 0. The molecule has 1 N–H and O–H groups in total. The average molecular weight is 130 g/mol. The van der Waals surface area contributed by atoms with Crippen LogP contribution in [0.5, 0.6) is 0 Å². The third-order valence-electron chi connectivity index (χ3n) is 1.75. The summed E-state index contributed by atoms with van der Waals surface area (Å²) in [6.45, 7) is 2.62. The zero-order valence-electron chi connectivity index (χ0n) is 5.84. The quantitative estimate of drug-likeness (QED) is 0.572. The Morgan fingerprint density at radius 2 is 2.33 bits per heavy atom. The number of hydrogen-bond donors (Lipinski definition) is 1. The van der Waals surface area contributed by atoms with Crippen molar-refractivity contribution in [3.8, 4) is 0 Å². The van der Waals surface area contributed by atoms with Gasteiger partial charge < -0.3 is 9.84 Å². The fourth-order valence-electron chi connectivity index (χ4n) is 1.15. The van der Waals surface area contributed by atoms with Crippen molar-refractivity contribution in [2.45, 2.75) is 38.4 Å². The molecule has 0 spiro atoms. The van der Waals surface area contributed by atoms with Gasteiger partial charge in [-0.25, -0.2) is 0 Å². The van der Waals surface area contributed by atoms with Crippen LogP contribution in [0.4, 0.5) is 0 Å². The zero-order chi connectivity index (χ0) is 6.69. The van der Waals surface area contributed by atoms with Crippen LogP contribution in [0.25, 0.3) is 0 Å². The van der Waals surface area contributed by atoms with Gasteiger partial charge in [-0.05, 0) is 26.2 Å². The molecule has 1 fully saturated rings. The molecule has 9 heavy (non-hydrogen) atoms. The highest BCUT2D eigenvalue weighted by molar-refractivity contribution is 4.67. The number of aliphatic hydroxyl groups is 1. The van der Waals surface area contributed by atoms with Crippen LogP contribution in [0, 0.1) is 0 Å². The topological polar surface area (TPSA) is 29.5 Å². The van der Waals surface area contributed by atoms with Gasteiger partial charge in [-0.15, -0.1) is 0 Å². The van der Waals surface area contributed by atoms with Gasteiger partial charge >= 0.3 is 0 Å². The summed E-state index contributed by atoms with van der Waals surface area (Å²) in [6.07, 6.45) is 3.21. The van der Waals surface area contributed by atoms with E-state index in [4.69, 9.17) is 9.84 Å². The largest absolute Gasteiger partial charge is 0.391 e. The highest BCUT2D eigenvalue weighted by Gasteiger charge is 2.17. The summed E-state index contributed by atoms with van der Waals surface area (Å²) in [6, 6.07) is 0. The molecular weight excluding hydrogens is 116 g/mol. The lowest BCUT2D eigenvalue weighted by Gasteiger charge is -2.24. The molecule has 0 aromatic rings. The molecule has 1 saturated heterocycles. The minimum atomic E-state index is -0.287. The Morgan fingerprint density at radius 1 is 1.56 bits per heavy atom. The minimum Gasteiger partial charge on any atom is -0.391 e. The van der Waals surface area contributed by atoms with Crippen molar-refractivity contribution in [2.75, 3.05) is 6.61 Å². The molecule has 1 heterocycles. The van der Waals surface area contributed by atoms with E-state index in [0.717, 1.165) is 19.4 Å². The maximum absolute atomic E-state index is 9.05. The second kappa shape index (κ2) is 3.18. The molecule has 0 radical (unpaired) electrons. The molecule has 2 nitrogen and oxygen atoms in total. The lowest BCUT2D eigenvalue weighted by Crippen LogP contribution is -2.29. The molecule has 2 atom stereocenters. The van der Waals surface area contributed by atoms with Crippen LogP contribution in [0.15, 0.2) is 0 Å². The molecule has 0 aliphatic carbocycles. The van der Waals surface area contributed by atoms with E-state index in [1.165, 1.54) is 6.42 Å². The first-order valence-electron chi connectivity index (χ1n) is 3.60. The molecular formula is C7H14O2. The molecule has 2 heteroatoms. The fourth-order valence-corrected chi connectivity index (χ4v) is 1.15. The molecule has 1 aliphatic heterocycles. The molecule has 0 aromatic carbocycles. The Balaban J connectivity index is 2.23. The van der Waals surface area contributed by atoms with Gasteiger partial charge in [-0.3, -0.25) is 0 Å². The summed E-state index contributed by atoms with van der Waals surface area (Å²) in [7, 11) is 0. The predicted octanol–water partition coefficient (Wildman–Crippen LogP) is 0.936. The molecule has 1 aliphatic rings. The fraction of sp³-hybridized carbons (Fsp3) is 1.00. The summed E-state index contributed by atoms with van der Waals surface area (Å²) >= 11 is 0. The maximum atomic E-state index is 9.05. The Bertz CT molecular complexity index is 75.0. The lowest BCUT2D eigenvalue weighted by atomic mass is 10.1. The Hall–Kier alpha value is -0.0800. The van der Waals surface area contributed by atoms with Crippen molar-refractivity contribution in [1.29, 1.82) is 0 Å². The Morgan fingerprint density at radius 3 is 2.67 bits per heavy atom. The molecule has 1 rings (SSSR count). The van der Waals surface area contributed by atoms with Crippen LogP contribution in [0.3, 0.4) is 0 Å². The van der Waals surface area contributed by atoms with Gasteiger partial charge in [0.1, 0.15) is 0 Å². The summed E-state index contributed by atoms with van der Waals surface area (Å²) < 4.78 is 5.29. The first kappa shape index (κ1) is 7.03. The molecule has 0 bridgehead atoms. The van der Waals surface area contributed by atoms with Gasteiger partial charge in [0, 0.05) is 6.61 Å². The first-order chi connectivity index (χ1) is 4.30. The Kier molecular flexibility index (Phi) is 2.49. The van der Waals surface area contributed by atoms with Gasteiger partial charge in [-0.1, -0.05) is 0 Å². The number of ether oxygens (including phenoxy) is 1. The molecule has 0 aromatic heterocycles. The summed E-state index contributed by atoms with van der Waals surface area (Å²) in [5, 5.41) is 9.05. The second-order valence-electron chi connectivity index (χ2n) is 2.65. The van der Waals surface area contributed by atoms with Crippen molar-refractivity contribution in [2.24, 2.45) is 0 Å². The number of rotatable bonds is 1. The van der Waals surface area contributed by atoms with Crippen LogP contribution >= 0.6 is 0 Å². The van der Waals surface area contributed by atoms with Crippen LogP contribution in [-0.4, -0.2) is 23.9 Å². The van der Waals surface area contributed by atoms with Crippen molar-refractivity contribution in [3.05, 3.63) is 0 Å². The SMILES string of the molecule is C[C@H](O)[C@@H]1CCCCO1. The molecule has 0 saturated carbocycles. The highest BCUT2D eigenvalue weighted by Crippen LogP contribution is 2.14. The van der Waals surface area contributed by atoms with E-state index in [-0.39, 0.29) is 12.2 Å². The van der Waals surface area contributed by atoms with Crippen molar-refractivity contribution in [1.82, 2.24) is 0 Å². The van der Waals surface area contributed by atoms with E-state index in [2.05, 4.69) is 0 Å². The van der Waals surface area contributed by atoms with E-state index in [1.807, 2.05) is 0 Å². The number of aliphatic hydroxyl groups excluding tert-OH is 1. The third kappa shape index (κ3) is 1.95. The molecule has 0 unspecified atom stereocenters. The van der Waals surface area contributed by atoms with Crippen molar-refractivity contribution >= 4 is 0 Å². The normalized spacial score (nSPS) is 32.0. The van der Waals surface area contributed by atoms with Gasteiger partial charge in [-0.2, -0.15) is 0 Å². The van der Waals surface area contributed by atoms with Crippen LogP contribution in [0.1, 0.15) is 26.2 Å². The van der Waals surface area contributed by atoms with Crippen LogP contribution in [-0.2, 0) is 4.74 Å². The van der Waals surface area contributed by atoms with Crippen molar-refractivity contribution in [3.63, 3.8) is 0 Å². The van der Waals surface area contributed by atoms with E-state index in [9.17, 15) is 0 Å². The van der Waals surface area contributed by atoms with Gasteiger partial charge in [0.05, 0.1) is 12.2 Å². The maximum Gasteiger partial charge on any atom is 0.0831 e. The van der Waals surface area contributed by atoms with E-state index in [0.29, 0.717) is 0 Å². The minimum absolute atomic E-state index is 0.110. The zero-order valence-corrected chi connectivity index (χ0v) is 5.84. The summed E-state index contributed by atoms with van der Waals surface area (Å²) in [5.74, 6) is 0. The smallest absolute Gasteiger partial charge is 0.0831 e. The van der Waals surface area contributed by atoms with Crippen molar-refractivity contribution < 1.29 is 9.84 Å². The van der Waals surface area contributed by atoms with Crippen LogP contribution < -0.4 is 0 Å². The molecule has 0 amide bonds. The summed E-state index contributed by atoms with van der Waals surface area (Å²) in [5.41, 5.74) is 0. The van der Waals surface area contributed by atoms with Gasteiger partial charge in [0.15, 0.2) is 0 Å². The lowest BCUT2D eigenvalue weighted by molar-refractivity contribution is -0.0544. The van der Waals surface area contributed by atoms with Gasteiger partial charge in [0.2, 0.25) is 0 Å². The van der Waals surface area contributed by atoms with E-state index < -0.39 is 0 Å². The predicted molar refractivity (Wildman–Crippen MR) is 35.3 cm³/mol. The third-order valence-corrected chi connectivity index (χ3v) is 1.75.